The van der Waals surface area contributed by atoms with Crippen LogP contribution in [0, 0.1) is 0 Å². The Hall–Kier alpha value is -0.170. The van der Waals surface area contributed by atoms with E-state index >= 15 is 0 Å². The average Bonchev–Trinajstić information content (AvgIpc) is 2.30. The Kier molecular flexibility index (Phi) is 5.17. The summed E-state index contributed by atoms with van der Waals surface area (Å²) in [5, 5.41) is 0. The highest BCUT2D eigenvalue weighted by atomic mass is 32.2. The number of nitrogens with zero attached hydrogens (tertiary/aromatic N) is 2. The minimum Gasteiger partial charge on any atom is -0.329 e. The van der Waals surface area contributed by atoms with Gasteiger partial charge in [0.15, 0.2) is 0 Å². The first-order valence-corrected chi connectivity index (χ1v) is 7.44. The molecule has 1 atom stereocenters. The van der Waals surface area contributed by atoms with Crippen LogP contribution in [0.2, 0.25) is 0 Å². The Morgan fingerprint density at radius 3 is 2.44 bits per heavy atom. The lowest BCUT2D eigenvalue weighted by Gasteiger charge is -2.36. The lowest BCUT2D eigenvalue weighted by molar-refractivity contribution is 0.238. The lowest BCUT2D eigenvalue weighted by Crippen LogP contribution is -2.52. The predicted molar refractivity (Wildman–Crippen MR) is 65.2 cm³/mol. The van der Waals surface area contributed by atoms with E-state index in [-0.39, 0.29) is 6.04 Å². The lowest BCUT2D eigenvalue weighted by atomic mass is 10.1. The van der Waals surface area contributed by atoms with E-state index < -0.39 is 10.2 Å². The SMILES string of the molecule is CCN(CC)S(=O)(=O)N1CCCCC1CN. The molecule has 0 aromatic heterocycles. The number of nitrogens with two attached hydrogens (primary N) is 1. The maximum Gasteiger partial charge on any atom is 0.282 e. The van der Waals surface area contributed by atoms with Crippen molar-refractivity contribution in [3.63, 3.8) is 0 Å². The first-order chi connectivity index (χ1) is 7.57. The fourth-order valence-electron chi connectivity index (χ4n) is 2.21. The van der Waals surface area contributed by atoms with Crippen molar-refractivity contribution in [3.05, 3.63) is 0 Å². The zero-order valence-corrected chi connectivity index (χ0v) is 11.0. The molecule has 0 aromatic carbocycles. The van der Waals surface area contributed by atoms with Gasteiger partial charge in [-0.25, -0.2) is 0 Å². The molecule has 1 fully saturated rings. The zero-order chi connectivity index (χ0) is 12.2. The van der Waals surface area contributed by atoms with Gasteiger partial charge in [0, 0.05) is 32.2 Å². The monoisotopic (exact) mass is 249 g/mol. The molecular formula is C10H23N3O2S. The van der Waals surface area contributed by atoms with E-state index in [1.807, 2.05) is 13.8 Å². The second-order valence-corrected chi connectivity index (χ2v) is 5.97. The van der Waals surface area contributed by atoms with E-state index in [1.165, 1.54) is 4.31 Å². The fourth-order valence-corrected chi connectivity index (χ4v) is 4.09. The Balaban J connectivity index is 2.87. The summed E-state index contributed by atoms with van der Waals surface area (Å²) in [5.74, 6) is 0. The topological polar surface area (TPSA) is 66.6 Å². The number of hydrogen-bond donors (Lipinski definition) is 1. The van der Waals surface area contributed by atoms with Crippen molar-refractivity contribution < 1.29 is 8.42 Å². The Labute approximate surface area is 98.8 Å². The zero-order valence-electron chi connectivity index (χ0n) is 10.2. The first kappa shape index (κ1) is 13.9. The van der Waals surface area contributed by atoms with E-state index in [9.17, 15) is 8.42 Å². The highest BCUT2D eigenvalue weighted by molar-refractivity contribution is 7.86. The van der Waals surface area contributed by atoms with E-state index in [4.69, 9.17) is 5.73 Å². The Morgan fingerprint density at radius 1 is 1.31 bits per heavy atom. The van der Waals surface area contributed by atoms with Crippen LogP contribution >= 0.6 is 0 Å². The summed E-state index contributed by atoms with van der Waals surface area (Å²) in [6.45, 7) is 5.80. The maximum absolute atomic E-state index is 12.3. The minimum atomic E-state index is -3.30. The summed E-state index contributed by atoms with van der Waals surface area (Å²) < 4.78 is 27.7. The average molecular weight is 249 g/mol. The molecule has 0 saturated carbocycles. The maximum atomic E-state index is 12.3. The van der Waals surface area contributed by atoms with Gasteiger partial charge in [0.1, 0.15) is 0 Å². The molecule has 0 aromatic rings. The molecule has 0 radical (unpaired) electrons. The Bertz CT molecular complexity index is 301. The van der Waals surface area contributed by atoms with Crippen LogP contribution in [-0.2, 0) is 10.2 Å². The molecule has 1 saturated heterocycles. The minimum absolute atomic E-state index is 0.0145. The summed E-state index contributed by atoms with van der Waals surface area (Å²) in [7, 11) is -3.30. The summed E-state index contributed by atoms with van der Waals surface area (Å²) in [6.07, 6.45) is 2.90. The number of piperidine rings is 1. The summed E-state index contributed by atoms with van der Waals surface area (Å²) >= 11 is 0. The van der Waals surface area contributed by atoms with Gasteiger partial charge < -0.3 is 5.73 Å². The van der Waals surface area contributed by atoms with Gasteiger partial charge in [-0.2, -0.15) is 17.0 Å². The van der Waals surface area contributed by atoms with Gasteiger partial charge >= 0.3 is 0 Å². The third-order valence-corrected chi connectivity index (χ3v) is 5.42. The van der Waals surface area contributed by atoms with Crippen molar-refractivity contribution in [3.8, 4) is 0 Å². The molecule has 96 valence electrons. The molecule has 5 nitrogen and oxygen atoms in total. The van der Waals surface area contributed by atoms with Crippen LogP contribution < -0.4 is 5.73 Å². The molecule has 1 unspecified atom stereocenters. The molecule has 1 aliphatic heterocycles. The van der Waals surface area contributed by atoms with Crippen molar-refractivity contribution in [2.45, 2.75) is 39.2 Å². The van der Waals surface area contributed by atoms with E-state index in [0.717, 1.165) is 19.3 Å². The number of rotatable bonds is 5. The second kappa shape index (κ2) is 5.95. The standard InChI is InChI=1S/C10H23N3O2S/c1-3-12(4-2)16(14,15)13-8-6-5-7-10(13)9-11/h10H,3-9,11H2,1-2H3. The molecule has 0 bridgehead atoms. The van der Waals surface area contributed by atoms with Crippen molar-refractivity contribution in [1.82, 2.24) is 8.61 Å². The molecule has 1 heterocycles. The largest absolute Gasteiger partial charge is 0.329 e. The molecule has 0 amide bonds. The quantitative estimate of drug-likeness (QED) is 0.766. The van der Waals surface area contributed by atoms with Gasteiger partial charge in [0.25, 0.3) is 10.2 Å². The molecule has 16 heavy (non-hydrogen) atoms. The van der Waals surface area contributed by atoms with E-state index in [0.29, 0.717) is 26.2 Å². The highest BCUT2D eigenvalue weighted by Gasteiger charge is 2.34. The van der Waals surface area contributed by atoms with Crippen LogP contribution in [0.3, 0.4) is 0 Å². The summed E-state index contributed by atoms with van der Waals surface area (Å²) in [6, 6.07) is -0.0145. The third-order valence-electron chi connectivity index (χ3n) is 3.17. The van der Waals surface area contributed by atoms with Crippen molar-refractivity contribution in [2.24, 2.45) is 5.73 Å². The molecule has 2 N–H and O–H groups in total. The molecule has 6 heteroatoms. The van der Waals surface area contributed by atoms with Gasteiger partial charge in [-0.05, 0) is 12.8 Å². The molecule has 0 aliphatic carbocycles. The summed E-state index contributed by atoms with van der Waals surface area (Å²) in [4.78, 5) is 0. The third kappa shape index (κ3) is 2.74. The van der Waals surface area contributed by atoms with Crippen molar-refractivity contribution in [1.29, 1.82) is 0 Å². The van der Waals surface area contributed by atoms with Crippen LogP contribution in [0.25, 0.3) is 0 Å². The summed E-state index contributed by atoms with van der Waals surface area (Å²) in [5.41, 5.74) is 5.65. The molecule has 1 rings (SSSR count). The van der Waals surface area contributed by atoms with Gasteiger partial charge in [0.2, 0.25) is 0 Å². The van der Waals surface area contributed by atoms with Crippen LogP contribution in [0.5, 0.6) is 0 Å². The van der Waals surface area contributed by atoms with Gasteiger partial charge in [-0.15, -0.1) is 0 Å². The van der Waals surface area contributed by atoms with Crippen LogP contribution in [-0.4, -0.2) is 49.2 Å². The van der Waals surface area contributed by atoms with E-state index in [2.05, 4.69) is 0 Å². The second-order valence-electron chi connectivity index (χ2n) is 4.09. The van der Waals surface area contributed by atoms with Crippen molar-refractivity contribution in [2.75, 3.05) is 26.2 Å². The smallest absolute Gasteiger partial charge is 0.282 e. The fraction of sp³-hybridized carbons (Fsp3) is 1.00. The Morgan fingerprint density at radius 2 is 1.94 bits per heavy atom. The highest BCUT2D eigenvalue weighted by Crippen LogP contribution is 2.21. The van der Waals surface area contributed by atoms with Crippen LogP contribution in [0.1, 0.15) is 33.1 Å². The molecular weight excluding hydrogens is 226 g/mol. The van der Waals surface area contributed by atoms with Crippen LogP contribution in [0.4, 0.5) is 0 Å². The normalized spacial score (nSPS) is 23.9. The van der Waals surface area contributed by atoms with Crippen LogP contribution in [0.15, 0.2) is 0 Å². The number of hydrogen-bond acceptors (Lipinski definition) is 3. The van der Waals surface area contributed by atoms with E-state index in [1.54, 1.807) is 4.31 Å². The molecule has 1 aliphatic rings. The van der Waals surface area contributed by atoms with Crippen molar-refractivity contribution >= 4 is 10.2 Å². The predicted octanol–water partition coefficient (Wildman–Crippen LogP) is 0.386. The van der Waals surface area contributed by atoms with Gasteiger partial charge in [0.05, 0.1) is 0 Å². The van der Waals surface area contributed by atoms with Gasteiger partial charge in [-0.1, -0.05) is 20.3 Å². The van der Waals surface area contributed by atoms with Gasteiger partial charge in [-0.3, -0.25) is 0 Å². The molecule has 0 spiro atoms. The first-order valence-electron chi connectivity index (χ1n) is 6.04.